The van der Waals surface area contributed by atoms with Crippen molar-refractivity contribution in [3.8, 4) is 11.3 Å². The Balaban J connectivity index is 2.54. The molecule has 2 aromatic rings. The first kappa shape index (κ1) is 13.4. The maximum absolute atomic E-state index is 11.7. The molecule has 98 valence electrons. The van der Waals surface area contributed by atoms with E-state index < -0.39 is 11.4 Å². The standard InChI is InChI=1S/C14H11ClO4/c1-2-18-14(17)13-12(15)10(16)8-11(19-13)9-6-4-3-5-7-9/h3-8H,2H2,1H3. The topological polar surface area (TPSA) is 56.5 Å². The summed E-state index contributed by atoms with van der Waals surface area (Å²) in [4.78, 5) is 23.4. The average molecular weight is 279 g/mol. The molecule has 5 heteroatoms. The van der Waals surface area contributed by atoms with E-state index in [0.29, 0.717) is 5.56 Å². The maximum atomic E-state index is 11.7. The fourth-order valence-corrected chi connectivity index (χ4v) is 1.72. The molecule has 2 rings (SSSR count). The second kappa shape index (κ2) is 5.71. The van der Waals surface area contributed by atoms with Crippen LogP contribution in [0.25, 0.3) is 11.3 Å². The van der Waals surface area contributed by atoms with Gasteiger partial charge in [0.1, 0.15) is 10.8 Å². The fourth-order valence-electron chi connectivity index (χ4n) is 1.55. The molecule has 0 aliphatic carbocycles. The number of hydrogen-bond donors (Lipinski definition) is 0. The lowest BCUT2D eigenvalue weighted by Gasteiger charge is -2.06. The lowest BCUT2D eigenvalue weighted by molar-refractivity contribution is 0.0488. The zero-order valence-corrected chi connectivity index (χ0v) is 10.9. The summed E-state index contributed by atoms with van der Waals surface area (Å²) in [5.74, 6) is -0.740. The molecule has 1 aromatic carbocycles. The molecule has 0 N–H and O–H groups in total. The van der Waals surface area contributed by atoms with Gasteiger partial charge in [0.25, 0.3) is 0 Å². The largest absolute Gasteiger partial charge is 0.460 e. The van der Waals surface area contributed by atoms with Crippen molar-refractivity contribution in [3.05, 3.63) is 57.4 Å². The molecule has 0 unspecified atom stereocenters. The van der Waals surface area contributed by atoms with Crippen molar-refractivity contribution in [1.29, 1.82) is 0 Å². The van der Waals surface area contributed by atoms with Gasteiger partial charge in [0.15, 0.2) is 0 Å². The van der Waals surface area contributed by atoms with Gasteiger partial charge in [-0.05, 0) is 6.92 Å². The first-order chi connectivity index (χ1) is 9.13. The minimum Gasteiger partial charge on any atom is -0.460 e. The van der Waals surface area contributed by atoms with E-state index in [9.17, 15) is 9.59 Å². The van der Waals surface area contributed by atoms with E-state index in [-0.39, 0.29) is 23.2 Å². The van der Waals surface area contributed by atoms with Crippen LogP contribution in [0.1, 0.15) is 17.5 Å². The maximum Gasteiger partial charge on any atom is 0.375 e. The van der Waals surface area contributed by atoms with Gasteiger partial charge in [0.05, 0.1) is 6.61 Å². The van der Waals surface area contributed by atoms with Crippen LogP contribution >= 0.6 is 11.6 Å². The monoisotopic (exact) mass is 278 g/mol. The molecule has 0 aliphatic rings. The summed E-state index contributed by atoms with van der Waals surface area (Å²) in [7, 11) is 0. The molecule has 0 spiro atoms. The van der Waals surface area contributed by atoms with Gasteiger partial charge >= 0.3 is 5.97 Å². The summed E-state index contributed by atoms with van der Waals surface area (Å²) in [6.07, 6.45) is 0. The third-order valence-corrected chi connectivity index (χ3v) is 2.77. The smallest absolute Gasteiger partial charge is 0.375 e. The molecule has 0 saturated heterocycles. The highest BCUT2D eigenvalue weighted by Crippen LogP contribution is 2.22. The third-order valence-electron chi connectivity index (χ3n) is 2.41. The van der Waals surface area contributed by atoms with E-state index in [1.165, 1.54) is 6.07 Å². The zero-order chi connectivity index (χ0) is 13.8. The van der Waals surface area contributed by atoms with Crippen molar-refractivity contribution in [2.75, 3.05) is 6.61 Å². The van der Waals surface area contributed by atoms with Gasteiger partial charge in [-0.25, -0.2) is 4.79 Å². The summed E-state index contributed by atoms with van der Waals surface area (Å²) in [5, 5.41) is -0.266. The highest BCUT2D eigenvalue weighted by atomic mass is 35.5. The van der Waals surface area contributed by atoms with E-state index in [0.717, 1.165) is 0 Å². The molecule has 0 saturated carbocycles. The van der Waals surface area contributed by atoms with Gasteiger partial charge in [-0.2, -0.15) is 0 Å². The number of carbonyl (C=O) groups is 1. The summed E-state index contributed by atoms with van der Waals surface area (Å²) in [6, 6.07) is 10.2. The Bertz CT molecular complexity index is 646. The molecule has 0 bridgehead atoms. The van der Waals surface area contributed by atoms with Crippen LogP contribution in [-0.2, 0) is 4.74 Å². The zero-order valence-electron chi connectivity index (χ0n) is 10.2. The van der Waals surface area contributed by atoms with Crippen molar-refractivity contribution in [2.24, 2.45) is 0 Å². The van der Waals surface area contributed by atoms with Crippen molar-refractivity contribution in [3.63, 3.8) is 0 Å². The van der Waals surface area contributed by atoms with Gasteiger partial charge < -0.3 is 9.15 Å². The van der Waals surface area contributed by atoms with E-state index in [1.54, 1.807) is 31.2 Å². The number of halogens is 1. The second-order valence-corrected chi connectivity index (χ2v) is 4.08. The Morgan fingerprint density at radius 3 is 2.63 bits per heavy atom. The van der Waals surface area contributed by atoms with Crippen LogP contribution in [0.5, 0.6) is 0 Å². The molecular weight excluding hydrogens is 268 g/mol. The molecular formula is C14H11ClO4. The van der Waals surface area contributed by atoms with Gasteiger partial charge in [0, 0.05) is 11.6 Å². The van der Waals surface area contributed by atoms with Crippen LogP contribution in [0.4, 0.5) is 0 Å². The number of hydrogen-bond acceptors (Lipinski definition) is 4. The molecule has 4 nitrogen and oxygen atoms in total. The minimum atomic E-state index is -0.748. The molecule has 0 radical (unpaired) electrons. The number of rotatable bonds is 3. The van der Waals surface area contributed by atoms with Crippen molar-refractivity contribution in [1.82, 2.24) is 0 Å². The lowest BCUT2D eigenvalue weighted by Crippen LogP contribution is -2.12. The lowest BCUT2D eigenvalue weighted by atomic mass is 10.1. The van der Waals surface area contributed by atoms with Gasteiger partial charge in [-0.15, -0.1) is 0 Å². The molecule has 0 aliphatic heterocycles. The average Bonchev–Trinajstić information content (AvgIpc) is 2.43. The first-order valence-corrected chi connectivity index (χ1v) is 6.07. The normalized spacial score (nSPS) is 10.2. The summed E-state index contributed by atoms with van der Waals surface area (Å²) in [5.41, 5.74) is 0.205. The molecule has 0 amide bonds. The fraction of sp³-hybridized carbons (Fsp3) is 0.143. The Hall–Kier alpha value is -2.07. The molecule has 1 aromatic heterocycles. The van der Waals surface area contributed by atoms with E-state index in [2.05, 4.69) is 0 Å². The Morgan fingerprint density at radius 1 is 1.32 bits per heavy atom. The summed E-state index contributed by atoms with van der Waals surface area (Å²) in [6.45, 7) is 1.83. The van der Waals surface area contributed by atoms with Gasteiger partial charge in [-0.3, -0.25) is 4.79 Å². The first-order valence-electron chi connectivity index (χ1n) is 5.69. The predicted molar refractivity (Wildman–Crippen MR) is 71.4 cm³/mol. The number of ether oxygens (including phenoxy) is 1. The molecule has 1 heterocycles. The van der Waals surface area contributed by atoms with Crippen molar-refractivity contribution < 1.29 is 13.9 Å². The summed E-state index contributed by atoms with van der Waals surface area (Å²) < 4.78 is 10.2. The van der Waals surface area contributed by atoms with Crippen LogP contribution in [0.2, 0.25) is 5.02 Å². The predicted octanol–water partition coefficient (Wildman–Crippen LogP) is 3.14. The molecule has 0 fully saturated rings. The highest BCUT2D eigenvalue weighted by molar-refractivity contribution is 6.33. The second-order valence-electron chi connectivity index (χ2n) is 3.70. The number of esters is 1. The SMILES string of the molecule is CCOC(=O)c1oc(-c2ccccc2)cc(=O)c1Cl. The number of carbonyl (C=O) groups excluding carboxylic acids is 1. The van der Waals surface area contributed by atoms with E-state index >= 15 is 0 Å². The van der Waals surface area contributed by atoms with Crippen LogP contribution in [0.3, 0.4) is 0 Å². The van der Waals surface area contributed by atoms with E-state index in [1.807, 2.05) is 6.07 Å². The molecule has 19 heavy (non-hydrogen) atoms. The van der Waals surface area contributed by atoms with Crippen LogP contribution in [-0.4, -0.2) is 12.6 Å². The number of benzene rings is 1. The third kappa shape index (κ3) is 2.85. The van der Waals surface area contributed by atoms with E-state index in [4.69, 9.17) is 20.8 Å². The summed E-state index contributed by atoms with van der Waals surface area (Å²) >= 11 is 5.78. The van der Waals surface area contributed by atoms with Crippen LogP contribution < -0.4 is 5.43 Å². The minimum absolute atomic E-state index is 0.175. The van der Waals surface area contributed by atoms with Gasteiger partial charge in [-0.1, -0.05) is 41.9 Å². The van der Waals surface area contributed by atoms with Crippen molar-refractivity contribution in [2.45, 2.75) is 6.92 Å². The Kier molecular flexibility index (Phi) is 4.02. The van der Waals surface area contributed by atoms with Gasteiger partial charge in [0.2, 0.25) is 11.2 Å². The highest BCUT2D eigenvalue weighted by Gasteiger charge is 2.19. The van der Waals surface area contributed by atoms with Crippen LogP contribution in [0.15, 0.2) is 45.6 Å². The molecule has 0 atom stereocenters. The Morgan fingerprint density at radius 2 is 2.00 bits per heavy atom. The van der Waals surface area contributed by atoms with Crippen molar-refractivity contribution >= 4 is 17.6 Å². The van der Waals surface area contributed by atoms with Crippen LogP contribution in [0, 0.1) is 0 Å². The quantitative estimate of drug-likeness (QED) is 0.810. The Labute approximate surface area is 114 Å².